The molecule has 1 heterocycles. The Kier molecular flexibility index (Phi) is 5.07. The van der Waals surface area contributed by atoms with Crippen molar-refractivity contribution in [3.05, 3.63) is 65.0 Å². The number of carbonyl (C=O) groups excluding carboxylic acids is 1. The standard InChI is InChI=1S/C23H18N2O3S/c1-4-12-25-18-13-19(27-2)20(28-3)14-21(18)29-23(25)24-22(26)17-11-7-9-15-8-5-6-10-16(15)17/h1,5-11,13-14H,12H2,2-3H3. The molecule has 0 radical (unpaired) electrons. The van der Waals surface area contributed by atoms with Gasteiger partial charge in [-0.05, 0) is 16.8 Å². The zero-order valence-corrected chi connectivity index (χ0v) is 16.8. The molecule has 0 aliphatic rings. The summed E-state index contributed by atoms with van der Waals surface area (Å²) in [5, 5.41) is 1.87. The van der Waals surface area contributed by atoms with Crippen LogP contribution in [0.2, 0.25) is 0 Å². The average molecular weight is 402 g/mol. The molecular formula is C23H18N2O3S. The molecule has 6 heteroatoms. The first-order valence-corrected chi connectivity index (χ1v) is 9.73. The highest BCUT2D eigenvalue weighted by atomic mass is 32.1. The molecule has 144 valence electrons. The Hall–Kier alpha value is -3.56. The van der Waals surface area contributed by atoms with Gasteiger partial charge in [0.15, 0.2) is 16.3 Å². The molecule has 0 saturated heterocycles. The maximum absolute atomic E-state index is 13.0. The maximum Gasteiger partial charge on any atom is 0.280 e. The van der Waals surface area contributed by atoms with Crippen molar-refractivity contribution in [2.75, 3.05) is 14.2 Å². The maximum atomic E-state index is 13.0. The van der Waals surface area contributed by atoms with E-state index in [0.29, 0.717) is 21.9 Å². The summed E-state index contributed by atoms with van der Waals surface area (Å²) in [6.07, 6.45) is 5.57. The number of amides is 1. The Balaban J connectivity index is 1.92. The van der Waals surface area contributed by atoms with Gasteiger partial charge in [0.2, 0.25) is 0 Å². The van der Waals surface area contributed by atoms with Crippen LogP contribution in [0, 0.1) is 12.3 Å². The van der Waals surface area contributed by atoms with Crippen molar-refractivity contribution in [1.29, 1.82) is 0 Å². The van der Waals surface area contributed by atoms with E-state index in [1.807, 2.05) is 53.1 Å². The molecule has 4 rings (SSSR count). The van der Waals surface area contributed by atoms with E-state index in [4.69, 9.17) is 15.9 Å². The zero-order valence-electron chi connectivity index (χ0n) is 16.0. The number of thiazole rings is 1. The number of hydrogen-bond donors (Lipinski definition) is 0. The van der Waals surface area contributed by atoms with Gasteiger partial charge in [-0.2, -0.15) is 4.99 Å². The number of rotatable bonds is 4. The first-order chi connectivity index (χ1) is 14.2. The number of hydrogen-bond acceptors (Lipinski definition) is 4. The van der Waals surface area contributed by atoms with Crippen LogP contribution in [-0.4, -0.2) is 24.7 Å². The molecule has 0 unspecified atom stereocenters. The lowest BCUT2D eigenvalue weighted by atomic mass is 10.0. The minimum atomic E-state index is -0.307. The molecular weight excluding hydrogens is 384 g/mol. The number of ether oxygens (including phenoxy) is 2. The van der Waals surface area contributed by atoms with Crippen LogP contribution in [0.1, 0.15) is 10.4 Å². The van der Waals surface area contributed by atoms with Gasteiger partial charge in [0.1, 0.15) is 0 Å². The molecule has 0 aliphatic heterocycles. The van der Waals surface area contributed by atoms with Crippen molar-refractivity contribution in [3.63, 3.8) is 0 Å². The number of methoxy groups -OCH3 is 2. The summed E-state index contributed by atoms with van der Waals surface area (Å²) in [4.78, 5) is 18.0. The van der Waals surface area contributed by atoms with E-state index < -0.39 is 0 Å². The molecule has 3 aromatic carbocycles. The lowest BCUT2D eigenvalue weighted by Crippen LogP contribution is -2.16. The van der Waals surface area contributed by atoms with E-state index in [0.717, 1.165) is 21.0 Å². The van der Waals surface area contributed by atoms with Crippen LogP contribution in [0.4, 0.5) is 0 Å². The van der Waals surface area contributed by atoms with E-state index in [1.54, 1.807) is 20.3 Å². The molecule has 0 aliphatic carbocycles. The zero-order chi connectivity index (χ0) is 20.4. The largest absolute Gasteiger partial charge is 0.493 e. The number of carbonyl (C=O) groups is 1. The topological polar surface area (TPSA) is 52.8 Å². The second kappa shape index (κ2) is 7.82. The molecule has 0 bridgehead atoms. The number of benzene rings is 3. The van der Waals surface area contributed by atoms with Gasteiger partial charge in [-0.15, -0.1) is 6.42 Å². The van der Waals surface area contributed by atoms with E-state index in [-0.39, 0.29) is 12.5 Å². The van der Waals surface area contributed by atoms with Crippen LogP contribution in [-0.2, 0) is 6.54 Å². The van der Waals surface area contributed by atoms with Gasteiger partial charge in [0.05, 0.1) is 31.0 Å². The van der Waals surface area contributed by atoms with E-state index >= 15 is 0 Å². The highest BCUT2D eigenvalue weighted by molar-refractivity contribution is 7.16. The third kappa shape index (κ3) is 3.37. The molecule has 1 amide bonds. The van der Waals surface area contributed by atoms with Crippen molar-refractivity contribution in [1.82, 2.24) is 4.57 Å². The summed E-state index contributed by atoms with van der Waals surface area (Å²) >= 11 is 1.39. The summed E-state index contributed by atoms with van der Waals surface area (Å²) < 4.78 is 13.5. The number of aromatic nitrogens is 1. The van der Waals surface area contributed by atoms with Crippen LogP contribution >= 0.6 is 11.3 Å². The summed E-state index contributed by atoms with van der Waals surface area (Å²) in [7, 11) is 3.17. The number of fused-ring (bicyclic) bond motifs is 2. The van der Waals surface area contributed by atoms with Gasteiger partial charge >= 0.3 is 0 Å². The lowest BCUT2D eigenvalue weighted by molar-refractivity contribution is 0.0999. The van der Waals surface area contributed by atoms with Crippen molar-refractivity contribution in [2.24, 2.45) is 4.99 Å². The Bertz CT molecular complexity index is 1340. The van der Waals surface area contributed by atoms with Crippen LogP contribution < -0.4 is 14.3 Å². The second-order valence-electron chi connectivity index (χ2n) is 6.29. The Morgan fingerprint density at radius 3 is 2.59 bits per heavy atom. The lowest BCUT2D eigenvalue weighted by Gasteiger charge is -2.08. The molecule has 4 aromatic rings. The van der Waals surface area contributed by atoms with Gasteiger partial charge < -0.3 is 14.0 Å². The quantitative estimate of drug-likeness (QED) is 0.480. The SMILES string of the molecule is C#CCn1c(=NC(=O)c2cccc3ccccc23)sc2cc(OC)c(OC)cc21. The third-order valence-electron chi connectivity index (χ3n) is 4.65. The summed E-state index contributed by atoms with van der Waals surface area (Å²) in [5.41, 5.74) is 1.40. The van der Waals surface area contributed by atoms with Crippen molar-refractivity contribution in [3.8, 4) is 23.8 Å². The molecule has 0 spiro atoms. The van der Waals surface area contributed by atoms with E-state index in [2.05, 4.69) is 10.9 Å². The Labute approximate surface area is 171 Å². The number of nitrogens with zero attached hydrogens (tertiary/aromatic N) is 2. The molecule has 0 atom stereocenters. The van der Waals surface area contributed by atoms with E-state index in [1.165, 1.54) is 11.3 Å². The van der Waals surface area contributed by atoms with Crippen molar-refractivity contribution < 1.29 is 14.3 Å². The van der Waals surface area contributed by atoms with Gasteiger partial charge in [-0.1, -0.05) is 53.7 Å². The normalized spacial score (nSPS) is 11.6. The fraction of sp³-hybridized carbons (Fsp3) is 0.130. The Morgan fingerprint density at radius 1 is 1.10 bits per heavy atom. The predicted octanol–water partition coefficient (Wildman–Crippen LogP) is 4.25. The van der Waals surface area contributed by atoms with Crippen molar-refractivity contribution >= 4 is 38.2 Å². The van der Waals surface area contributed by atoms with Gasteiger partial charge in [-0.25, -0.2) is 0 Å². The minimum absolute atomic E-state index is 0.289. The van der Waals surface area contributed by atoms with Crippen molar-refractivity contribution in [2.45, 2.75) is 6.54 Å². The molecule has 0 N–H and O–H groups in total. The van der Waals surface area contributed by atoms with E-state index in [9.17, 15) is 4.79 Å². The Morgan fingerprint density at radius 2 is 1.83 bits per heavy atom. The summed E-state index contributed by atoms with van der Waals surface area (Å²) in [6.45, 7) is 0.289. The molecule has 1 aromatic heterocycles. The minimum Gasteiger partial charge on any atom is -0.493 e. The fourth-order valence-corrected chi connectivity index (χ4v) is 4.32. The second-order valence-corrected chi connectivity index (χ2v) is 7.30. The highest BCUT2D eigenvalue weighted by Crippen LogP contribution is 2.33. The first kappa shape index (κ1) is 18.8. The predicted molar refractivity (Wildman–Crippen MR) is 116 cm³/mol. The molecule has 0 fully saturated rings. The monoisotopic (exact) mass is 402 g/mol. The number of terminal acetylenes is 1. The molecule has 0 saturated carbocycles. The van der Waals surface area contributed by atoms with Crippen LogP contribution in [0.5, 0.6) is 11.5 Å². The van der Waals surface area contributed by atoms with Gasteiger partial charge in [0.25, 0.3) is 5.91 Å². The average Bonchev–Trinajstić information content (AvgIpc) is 3.08. The summed E-state index contributed by atoms with van der Waals surface area (Å²) in [6, 6.07) is 17.1. The fourth-order valence-electron chi connectivity index (χ4n) is 3.29. The van der Waals surface area contributed by atoms with Crippen LogP contribution in [0.3, 0.4) is 0 Å². The van der Waals surface area contributed by atoms with Crippen LogP contribution in [0.25, 0.3) is 21.0 Å². The first-order valence-electron chi connectivity index (χ1n) is 8.92. The summed E-state index contributed by atoms with van der Waals surface area (Å²) in [5.74, 6) is 3.54. The molecule has 29 heavy (non-hydrogen) atoms. The van der Waals surface area contributed by atoms with Gasteiger partial charge in [0, 0.05) is 17.7 Å². The molecule has 5 nitrogen and oxygen atoms in total. The smallest absolute Gasteiger partial charge is 0.280 e. The highest BCUT2D eigenvalue weighted by Gasteiger charge is 2.14. The van der Waals surface area contributed by atoms with Crippen LogP contribution in [0.15, 0.2) is 59.6 Å². The van der Waals surface area contributed by atoms with Gasteiger partial charge in [-0.3, -0.25) is 4.79 Å². The third-order valence-corrected chi connectivity index (χ3v) is 5.70.